The summed E-state index contributed by atoms with van der Waals surface area (Å²) in [4.78, 5) is 17.0. The third kappa shape index (κ3) is 5.03. The summed E-state index contributed by atoms with van der Waals surface area (Å²) >= 11 is 5.90. The molecule has 0 bridgehead atoms. The van der Waals surface area contributed by atoms with Crippen LogP contribution in [0.3, 0.4) is 0 Å². The lowest BCUT2D eigenvalue weighted by Gasteiger charge is -2.11. The molecular formula is C24H21ClFN3O2. The Bertz CT molecular complexity index is 1190. The quantitative estimate of drug-likeness (QED) is 0.384. The smallest absolute Gasteiger partial charge is 0.254 e. The van der Waals surface area contributed by atoms with Crippen LogP contribution in [0.1, 0.15) is 22.6 Å². The molecule has 1 heterocycles. The molecule has 7 heteroatoms. The Balaban J connectivity index is 1.43. The number of aromatic nitrogens is 2. The molecule has 0 saturated carbocycles. The molecule has 0 aliphatic rings. The van der Waals surface area contributed by atoms with Crippen molar-refractivity contribution in [2.24, 2.45) is 0 Å². The molecule has 4 aromatic rings. The van der Waals surface area contributed by atoms with Crippen LogP contribution >= 0.6 is 11.6 Å². The maximum atomic E-state index is 13.9. The van der Waals surface area contributed by atoms with E-state index in [4.69, 9.17) is 16.3 Å². The number of hydrogen-bond acceptors (Lipinski definition) is 3. The second-order valence-corrected chi connectivity index (χ2v) is 7.42. The zero-order chi connectivity index (χ0) is 21.6. The van der Waals surface area contributed by atoms with Crippen LogP contribution in [0.4, 0.5) is 4.39 Å². The van der Waals surface area contributed by atoms with Crippen LogP contribution in [0.2, 0.25) is 5.02 Å². The van der Waals surface area contributed by atoms with Gasteiger partial charge in [0, 0.05) is 11.6 Å². The molecule has 0 unspecified atom stereocenters. The Hall–Kier alpha value is -3.38. The van der Waals surface area contributed by atoms with Gasteiger partial charge in [-0.2, -0.15) is 0 Å². The predicted octanol–water partition coefficient (Wildman–Crippen LogP) is 5.23. The molecule has 0 saturated heterocycles. The number of carbonyl (C=O) groups excluding carboxylic acids is 1. The minimum absolute atomic E-state index is 0.0153. The molecule has 1 amide bonds. The van der Waals surface area contributed by atoms with Gasteiger partial charge in [-0.1, -0.05) is 35.9 Å². The van der Waals surface area contributed by atoms with Crippen molar-refractivity contribution in [2.75, 3.05) is 6.61 Å². The first-order valence-corrected chi connectivity index (χ1v) is 10.3. The molecule has 0 fully saturated rings. The molecule has 158 valence electrons. The van der Waals surface area contributed by atoms with E-state index in [0.29, 0.717) is 24.0 Å². The van der Waals surface area contributed by atoms with Gasteiger partial charge in [-0.3, -0.25) is 4.79 Å². The van der Waals surface area contributed by atoms with Gasteiger partial charge in [0.05, 0.1) is 29.7 Å². The zero-order valence-electron chi connectivity index (χ0n) is 16.7. The first-order chi connectivity index (χ1) is 15.1. The second-order valence-electron chi connectivity index (χ2n) is 6.99. The Morgan fingerprint density at radius 2 is 1.77 bits per heavy atom. The highest BCUT2D eigenvalue weighted by molar-refractivity contribution is 6.30. The molecule has 5 nitrogen and oxygen atoms in total. The highest BCUT2D eigenvalue weighted by atomic mass is 35.5. The minimum atomic E-state index is -0.548. The number of ether oxygens (including phenoxy) is 1. The topological polar surface area (TPSA) is 56.2 Å². The average Bonchev–Trinajstić information content (AvgIpc) is 3.14. The number of nitrogens with one attached hydrogen (secondary N) is 1. The highest BCUT2D eigenvalue weighted by Crippen LogP contribution is 2.18. The number of halogens is 2. The molecular weight excluding hydrogens is 417 g/mol. The molecule has 0 aliphatic heterocycles. The Kier molecular flexibility index (Phi) is 6.48. The summed E-state index contributed by atoms with van der Waals surface area (Å²) in [6.45, 7) is 1.38. The first-order valence-electron chi connectivity index (χ1n) is 9.97. The lowest BCUT2D eigenvalue weighted by molar-refractivity contribution is 0.0945. The number of hydrogen-bond donors (Lipinski definition) is 1. The number of benzene rings is 3. The van der Waals surface area contributed by atoms with Crippen LogP contribution in [-0.4, -0.2) is 22.1 Å². The van der Waals surface area contributed by atoms with Crippen molar-refractivity contribution < 1.29 is 13.9 Å². The van der Waals surface area contributed by atoms with Gasteiger partial charge in [-0.15, -0.1) is 0 Å². The molecule has 0 atom stereocenters. The van der Waals surface area contributed by atoms with E-state index in [-0.39, 0.29) is 12.1 Å². The number of imidazole rings is 1. The fourth-order valence-electron chi connectivity index (χ4n) is 3.35. The van der Waals surface area contributed by atoms with E-state index in [9.17, 15) is 9.18 Å². The summed E-state index contributed by atoms with van der Waals surface area (Å²) in [7, 11) is 0. The number of carbonyl (C=O) groups is 1. The maximum Gasteiger partial charge on any atom is 0.254 e. The van der Waals surface area contributed by atoms with Gasteiger partial charge >= 0.3 is 0 Å². The van der Waals surface area contributed by atoms with Crippen LogP contribution in [-0.2, 0) is 13.1 Å². The van der Waals surface area contributed by atoms with E-state index in [2.05, 4.69) is 14.9 Å². The monoisotopic (exact) mass is 437 g/mol. The summed E-state index contributed by atoms with van der Waals surface area (Å²) in [6.07, 6.45) is 0.747. The zero-order valence-corrected chi connectivity index (χ0v) is 17.5. The normalized spacial score (nSPS) is 10.9. The molecule has 0 radical (unpaired) electrons. The van der Waals surface area contributed by atoms with Crippen molar-refractivity contribution in [2.45, 2.75) is 19.5 Å². The first kappa shape index (κ1) is 20.9. The molecule has 0 aliphatic carbocycles. The summed E-state index contributed by atoms with van der Waals surface area (Å²) in [5.74, 6) is 0.449. The van der Waals surface area contributed by atoms with E-state index in [0.717, 1.165) is 23.2 Å². The van der Waals surface area contributed by atoms with Crippen molar-refractivity contribution in [3.05, 3.63) is 95.0 Å². The van der Waals surface area contributed by atoms with E-state index in [1.54, 1.807) is 24.3 Å². The molecule has 31 heavy (non-hydrogen) atoms. The molecule has 1 N–H and O–H groups in total. The summed E-state index contributed by atoms with van der Waals surface area (Å²) < 4.78 is 21.7. The SMILES string of the molecule is O=C(NCc1nc2ccccc2n1CCCOc1ccc(Cl)cc1)c1ccccc1F. The third-order valence-corrected chi connectivity index (χ3v) is 5.12. The van der Waals surface area contributed by atoms with Gasteiger partial charge in [0.2, 0.25) is 0 Å². The number of amides is 1. The number of aryl methyl sites for hydroxylation is 1. The molecule has 4 rings (SSSR count). The Morgan fingerprint density at radius 3 is 2.58 bits per heavy atom. The minimum Gasteiger partial charge on any atom is -0.494 e. The van der Waals surface area contributed by atoms with E-state index in [1.807, 2.05) is 36.4 Å². The summed E-state index contributed by atoms with van der Waals surface area (Å²) in [5.41, 5.74) is 1.84. The molecule has 1 aromatic heterocycles. The van der Waals surface area contributed by atoms with Crippen molar-refractivity contribution in [3.8, 4) is 5.75 Å². The lowest BCUT2D eigenvalue weighted by atomic mass is 10.2. The van der Waals surface area contributed by atoms with Crippen molar-refractivity contribution in [1.82, 2.24) is 14.9 Å². The summed E-state index contributed by atoms with van der Waals surface area (Å²) in [5, 5.41) is 3.44. The largest absolute Gasteiger partial charge is 0.494 e. The van der Waals surface area contributed by atoms with Gasteiger partial charge < -0.3 is 14.6 Å². The van der Waals surface area contributed by atoms with E-state index in [1.165, 1.54) is 12.1 Å². The number of rotatable bonds is 8. The Morgan fingerprint density at radius 1 is 1.03 bits per heavy atom. The molecule has 0 spiro atoms. The van der Waals surface area contributed by atoms with Crippen LogP contribution < -0.4 is 10.1 Å². The fourth-order valence-corrected chi connectivity index (χ4v) is 3.48. The average molecular weight is 438 g/mol. The Labute approximate surface area is 184 Å². The van der Waals surface area contributed by atoms with Gasteiger partial charge in [0.15, 0.2) is 0 Å². The van der Waals surface area contributed by atoms with E-state index < -0.39 is 11.7 Å². The van der Waals surface area contributed by atoms with Gasteiger partial charge in [-0.25, -0.2) is 9.37 Å². The standard InChI is InChI=1S/C24H21ClFN3O2/c25-17-10-12-18(13-11-17)31-15-5-14-29-22-9-4-3-8-21(22)28-23(29)16-27-24(30)19-6-1-2-7-20(19)26/h1-4,6-13H,5,14-16H2,(H,27,30). The lowest BCUT2D eigenvalue weighted by Crippen LogP contribution is -2.25. The fraction of sp³-hybridized carbons (Fsp3) is 0.167. The predicted molar refractivity (Wildman–Crippen MR) is 119 cm³/mol. The van der Waals surface area contributed by atoms with Gasteiger partial charge in [0.1, 0.15) is 17.4 Å². The highest BCUT2D eigenvalue weighted by Gasteiger charge is 2.14. The van der Waals surface area contributed by atoms with Crippen molar-refractivity contribution >= 4 is 28.5 Å². The van der Waals surface area contributed by atoms with Crippen LogP contribution in [0.5, 0.6) is 5.75 Å². The molecule has 3 aromatic carbocycles. The second kappa shape index (κ2) is 9.62. The maximum absolute atomic E-state index is 13.9. The van der Waals surface area contributed by atoms with Crippen LogP contribution in [0, 0.1) is 5.82 Å². The van der Waals surface area contributed by atoms with Crippen molar-refractivity contribution in [3.63, 3.8) is 0 Å². The number of nitrogens with zero attached hydrogens (tertiary/aromatic N) is 2. The van der Waals surface area contributed by atoms with Gasteiger partial charge in [-0.05, 0) is 55.0 Å². The number of para-hydroxylation sites is 2. The third-order valence-electron chi connectivity index (χ3n) is 4.87. The van der Waals surface area contributed by atoms with Gasteiger partial charge in [0.25, 0.3) is 5.91 Å². The van der Waals surface area contributed by atoms with Crippen LogP contribution in [0.15, 0.2) is 72.8 Å². The van der Waals surface area contributed by atoms with Crippen molar-refractivity contribution in [1.29, 1.82) is 0 Å². The van der Waals surface area contributed by atoms with E-state index >= 15 is 0 Å². The number of fused-ring (bicyclic) bond motifs is 1. The van der Waals surface area contributed by atoms with Crippen LogP contribution in [0.25, 0.3) is 11.0 Å². The summed E-state index contributed by atoms with van der Waals surface area (Å²) in [6, 6.07) is 20.9.